The Morgan fingerprint density at radius 1 is 1.12 bits per heavy atom. The Bertz CT molecular complexity index is 40.9. The molecule has 0 aliphatic heterocycles. The van der Waals surface area contributed by atoms with Crippen LogP contribution in [0, 0.1) is 0 Å². The van der Waals surface area contributed by atoms with Gasteiger partial charge in [-0.15, -0.1) is 0 Å². The van der Waals surface area contributed by atoms with Crippen molar-refractivity contribution < 1.29 is 4.90 Å². The molecule has 50 valence electrons. The molecule has 0 atom stereocenters. The molecular formula is C5H16N3+. The van der Waals surface area contributed by atoms with Gasteiger partial charge in [0.2, 0.25) is 0 Å². The zero-order valence-electron chi connectivity index (χ0n) is 5.48. The zero-order valence-corrected chi connectivity index (χ0v) is 5.48. The Morgan fingerprint density at radius 3 is 1.75 bits per heavy atom. The van der Waals surface area contributed by atoms with E-state index in [1.165, 1.54) is 4.90 Å². The second kappa shape index (κ2) is 5.03. The van der Waals surface area contributed by atoms with Crippen LogP contribution in [0.1, 0.15) is 0 Å². The number of hydrogen-bond acceptors (Lipinski definition) is 2. The summed E-state index contributed by atoms with van der Waals surface area (Å²) in [5.41, 5.74) is 10.6. The van der Waals surface area contributed by atoms with Gasteiger partial charge in [0.25, 0.3) is 0 Å². The van der Waals surface area contributed by atoms with Crippen LogP contribution in [-0.4, -0.2) is 33.2 Å². The lowest BCUT2D eigenvalue weighted by atomic mass is 10.5. The van der Waals surface area contributed by atoms with E-state index in [0.717, 1.165) is 26.2 Å². The number of quaternary nitrogens is 1. The lowest BCUT2D eigenvalue weighted by Crippen LogP contribution is -3.10. The van der Waals surface area contributed by atoms with Crippen molar-refractivity contribution in [2.45, 2.75) is 0 Å². The Kier molecular flexibility index (Phi) is 4.95. The highest BCUT2D eigenvalue weighted by Gasteiger charge is 1.94. The van der Waals surface area contributed by atoms with E-state index in [0.29, 0.717) is 0 Å². The number of hydrogen-bond donors (Lipinski definition) is 3. The molecule has 3 nitrogen and oxygen atoms in total. The third-order valence-electron chi connectivity index (χ3n) is 1.14. The molecule has 0 amide bonds. The predicted molar refractivity (Wildman–Crippen MR) is 34.7 cm³/mol. The quantitative estimate of drug-likeness (QED) is 0.380. The number of nitrogens with two attached hydrogens (primary N) is 2. The fraction of sp³-hybridized carbons (Fsp3) is 1.00. The molecule has 0 aromatic rings. The molecule has 0 fully saturated rings. The summed E-state index contributed by atoms with van der Waals surface area (Å²) in [4.78, 5) is 1.41. The fourth-order valence-corrected chi connectivity index (χ4v) is 0.618. The summed E-state index contributed by atoms with van der Waals surface area (Å²) in [6.07, 6.45) is 0. The monoisotopic (exact) mass is 118 g/mol. The topological polar surface area (TPSA) is 56.5 Å². The van der Waals surface area contributed by atoms with Crippen molar-refractivity contribution >= 4 is 0 Å². The van der Waals surface area contributed by atoms with Gasteiger partial charge in [-0.3, -0.25) is 0 Å². The van der Waals surface area contributed by atoms with Crippen LogP contribution in [0.25, 0.3) is 0 Å². The number of rotatable bonds is 4. The maximum atomic E-state index is 5.30. The van der Waals surface area contributed by atoms with Crippen LogP contribution >= 0.6 is 0 Å². The average molecular weight is 118 g/mol. The number of nitrogens with one attached hydrogen (secondary N) is 1. The van der Waals surface area contributed by atoms with Gasteiger partial charge in [-0.25, -0.2) is 0 Å². The highest BCUT2D eigenvalue weighted by Crippen LogP contribution is 1.39. The molecule has 0 aliphatic rings. The molecule has 0 rings (SSSR count). The van der Waals surface area contributed by atoms with E-state index in [-0.39, 0.29) is 0 Å². The summed E-state index contributed by atoms with van der Waals surface area (Å²) in [5.74, 6) is 0. The van der Waals surface area contributed by atoms with Crippen LogP contribution in [0.15, 0.2) is 0 Å². The highest BCUT2D eigenvalue weighted by molar-refractivity contribution is 4.28. The highest BCUT2D eigenvalue weighted by atomic mass is 15.1. The molecule has 0 aromatic heterocycles. The molecule has 0 aliphatic carbocycles. The van der Waals surface area contributed by atoms with Gasteiger partial charge in [-0.05, 0) is 0 Å². The minimum atomic E-state index is 0.756. The smallest absolute Gasteiger partial charge is 0.0893 e. The van der Waals surface area contributed by atoms with Crippen molar-refractivity contribution in [3.05, 3.63) is 0 Å². The van der Waals surface area contributed by atoms with Crippen molar-refractivity contribution in [1.82, 2.24) is 0 Å². The minimum absolute atomic E-state index is 0.756. The van der Waals surface area contributed by atoms with Crippen LogP contribution in [0.4, 0.5) is 0 Å². The van der Waals surface area contributed by atoms with Gasteiger partial charge in [0.1, 0.15) is 0 Å². The summed E-state index contributed by atoms with van der Waals surface area (Å²) >= 11 is 0. The van der Waals surface area contributed by atoms with Crippen LogP contribution in [0.2, 0.25) is 0 Å². The van der Waals surface area contributed by atoms with E-state index in [1.807, 2.05) is 0 Å². The second-order valence-corrected chi connectivity index (χ2v) is 2.03. The van der Waals surface area contributed by atoms with Crippen molar-refractivity contribution in [2.24, 2.45) is 11.5 Å². The number of likely N-dealkylation sites (N-methyl/N-ethyl adjacent to an activating group) is 1. The summed E-state index contributed by atoms with van der Waals surface area (Å²) in [6, 6.07) is 0. The molecular weight excluding hydrogens is 102 g/mol. The largest absolute Gasteiger partial charge is 0.335 e. The second-order valence-electron chi connectivity index (χ2n) is 2.03. The lowest BCUT2D eigenvalue weighted by Gasteiger charge is -2.09. The molecule has 0 unspecified atom stereocenters. The summed E-state index contributed by atoms with van der Waals surface area (Å²) < 4.78 is 0. The van der Waals surface area contributed by atoms with Crippen molar-refractivity contribution in [1.29, 1.82) is 0 Å². The standard InChI is InChI=1S/C5H15N3/c1-8(4-2-6)5-3-7/h2-7H2,1H3/p+1. The van der Waals surface area contributed by atoms with Gasteiger partial charge in [0.15, 0.2) is 0 Å². The van der Waals surface area contributed by atoms with E-state index < -0.39 is 0 Å². The van der Waals surface area contributed by atoms with Crippen LogP contribution in [0.3, 0.4) is 0 Å². The molecule has 0 saturated carbocycles. The molecule has 0 heterocycles. The molecule has 3 heteroatoms. The third kappa shape index (κ3) is 4.05. The Morgan fingerprint density at radius 2 is 1.50 bits per heavy atom. The minimum Gasteiger partial charge on any atom is -0.335 e. The Labute approximate surface area is 50.6 Å². The first kappa shape index (κ1) is 7.88. The van der Waals surface area contributed by atoms with Crippen LogP contribution in [0.5, 0.6) is 0 Å². The summed E-state index contributed by atoms with van der Waals surface area (Å²) in [7, 11) is 2.10. The van der Waals surface area contributed by atoms with Gasteiger partial charge in [-0.2, -0.15) is 0 Å². The van der Waals surface area contributed by atoms with Gasteiger partial charge >= 0.3 is 0 Å². The van der Waals surface area contributed by atoms with E-state index >= 15 is 0 Å². The van der Waals surface area contributed by atoms with Crippen molar-refractivity contribution in [2.75, 3.05) is 33.2 Å². The van der Waals surface area contributed by atoms with Crippen LogP contribution < -0.4 is 16.4 Å². The van der Waals surface area contributed by atoms with Crippen molar-refractivity contribution in [3.8, 4) is 0 Å². The molecule has 0 saturated heterocycles. The predicted octanol–water partition coefficient (Wildman–Crippen LogP) is -2.58. The van der Waals surface area contributed by atoms with Crippen molar-refractivity contribution in [3.63, 3.8) is 0 Å². The SMILES string of the molecule is C[NH+](CCN)CCN. The molecule has 8 heavy (non-hydrogen) atoms. The van der Waals surface area contributed by atoms with E-state index in [9.17, 15) is 0 Å². The van der Waals surface area contributed by atoms with E-state index in [1.54, 1.807) is 0 Å². The van der Waals surface area contributed by atoms with E-state index in [4.69, 9.17) is 11.5 Å². The molecule has 5 N–H and O–H groups in total. The third-order valence-corrected chi connectivity index (χ3v) is 1.14. The van der Waals surface area contributed by atoms with Gasteiger partial charge < -0.3 is 16.4 Å². The average Bonchev–Trinajstić information content (AvgIpc) is 1.68. The van der Waals surface area contributed by atoms with E-state index in [2.05, 4.69) is 7.05 Å². The first-order valence-corrected chi connectivity index (χ1v) is 3.02. The van der Waals surface area contributed by atoms with Gasteiger partial charge in [0, 0.05) is 13.1 Å². The molecule has 0 radical (unpaired) electrons. The van der Waals surface area contributed by atoms with Crippen LogP contribution in [-0.2, 0) is 0 Å². The zero-order chi connectivity index (χ0) is 6.41. The van der Waals surface area contributed by atoms with Gasteiger partial charge in [0.05, 0.1) is 20.1 Å². The van der Waals surface area contributed by atoms with Gasteiger partial charge in [-0.1, -0.05) is 0 Å². The Balaban J connectivity index is 2.92. The molecule has 0 spiro atoms. The maximum absolute atomic E-state index is 5.30. The Hall–Kier alpha value is -0.120. The first-order valence-electron chi connectivity index (χ1n) is 3.02. The summed E-state index contributed by atoms with van der Waals surface area (Å²) in [6.45, 7) is 3.56. The maximum Gasteiger partial charge on any atom is 0.0893 e. The lowest BCUT2D eigenvalue weighted by molar-refractivity contribution is -0.876. The molecule has 0 aromatic carbocycles. The summed E-state index contributed by atoms with van der Waals surface area (Å²) in [5, 5.41) is 0. The normalized spacial score (nSPS) is 10.5. The fourth-order valence-electron chi connectivity index (χ4n) is 0.618. The molecule has 0 bridgehead atoms. The first-order chi connectivity index (χ1) is 3.81.